The van der Waals surface area contributed by atoms with E-state index in [1.165, 1.54) is 165 Å². The van der Waals surface area contributed by atoms with E-state index in [0.29, 0.717) is 11.3 Å². The van der Waals surface area contributed by atoms with Crippen LogP contribution in [0.2, 0.25) is 0 Å². The van der Waals surface area contributed by atoms with E-state index in [0.717, 1.165) is 17.8 Å². The summed E-state index contributed by atoms with van der Waals surface area (Å²) in [5, 5.41) is 2.58. The second-order valence-corrected chi connectivity index (χ2v) is 22.6. The molecule has 5 fully saturated rings. The maximum atomic E-state index is 2.56. The minimum atomic E-state index is -0.328. The first kappa shape index (κ1) is 41.3. The summed E-state index contributed by atoms with van der Waals surface area (Å²) in [5.74, 6) is 3.46. The molecule has 0 spiro atoms. The van der Waals surface area contributed by atoms with Crippen LogP contribution < -0.4 is 4.90 Å². The van der Waals surface area contributed by atoms with E-state index >= 15 is 0 Å². The van der Waals surface area contributed by atoms with Crippen molar-refractivity contribution in [1.29, 1.82) is 0 Å². The Labute approximate surface area is 408 Å². The van der Waals surface area contributed by atoms with Crippen LogP contribution in [0.15, 0.2) is 182 Å². The fourth-order valence-corrected chi connectivity index (χ4v) is 15.3. The largest absolute Gasteiger partial charge is 0.310 e. The molecule has 1 aromatic heterocycles. The zero-order chi connectivity index (χ0) is 45.8. The molecule has 2 heteroatoms. The van der Waals surface area contributed by atoms with Gasteiger partial charge in [-0.2, -0.15) is 0 Å². The Morgan fingerprint density at radius 3 is 1.74 bits per heavy atom. The minimum Gasteiger partial charge on any atom is -0.310 e. The molecule has 0 aliphatic heterocycles. The maximum absolute atomic E-state index is 2.56. The van der Waals surface area contributed by atoms with Crippen molar-refractivity contribution in [3.63, 3.8) is 0 Å². The van der Waals surface area contributed by atoms with E-state index in [1.54, 1.807) is 5.56 Å². The van der Waals surface area contributed by atoms with Crippen LogP contribution in [0.4, 0.5) is 17.1 Å². The average molecular weight is 895 g/mol. The number of para-hydroxylation sites is 1. The highest BCUT2D eigenvalue weighted by Crippen LogP contribution is 2.61. The molecule has 0 amide bonds. The Hall–Kier alpha value is -6.64. The quantitative estimate of drug-likeness (QED) is 0.148. The summed E-state index contributed by atoms with van der Waals surface area (Å²) < 4.78 is 2.56. The number of fused-ring (bicyclic) bond motifs is 7. The maximum Gasteiger partial charge on any atom is 0.0588 e. The van der Waals surface area contributed by atoms with Crippen LogP contribution in [0.25, 0.3) is 60.9 Å². The molecule has 9 aromatic rings. The third kappa shape index (κ3) is 6.65. The predicted molar refractivity (Wildman–Crippen MR) is 290 cm³/mol. The van der Waals surface area contributed by atoms with Gasteiger partial charge in [0.05, 0.1) is 11.0 Å². The Balaban J connectivity index is 0.959. The van der Waals surface area contributed by atoms with Crippen molar-refractivity contribution in [2.75, 3.05) is 4.90 Å². The van der Waals surface area contributed by atoms with E-state index in [9.17, 15) is 0 Å². The van der Waals surface area contributed by atoms with E-state index in [2.05, 4.69) is 205 Å². The van der Waals surface area contributed by atoms with E-state index < -0.39 is 0 Å². The summed E-state index contributed by atoms with van der Waals surface area (Å²) in [6.07, 6.45) is 15.3. The second kappa shape index (κ2) is 16.0. The normalized spacial score (nSPS) is 22.3. The van der Waals surface area contributed by atoms with Crippen molar-refractivity contribution in [2.45, 2.75) is 101 Å². The number of rotatable bonds is 8. The van der Waals surface area contributed by atoms with Gasteiger partial charge in [-0.3, -0.25) is 0 Å². The molecule has 1 heterocycles. The molecule has 0 atom stereocenters. The van der Waals surface area contributed by atoms with Crippen molar-refractivity contribution in [2.24, 2.45) is 17.8 Å². The molecule has 6 aliphatic rings. The number of nitrogens with zero attached hydrogens (tertiary/aromatic N) is 2. The standard InChI is InChI=1S/C67H62N2/c1-66(2)61-39-56(68(54-28-23-49(24-29-54)47-15-7-3-8-16-47)55-30-26-52(27-31-55)67-41-44-35-45(42-67)37-46(36-44)43-67)32-33-57(61)63-58(50-19-11-5-12-20-50)40-60-59-38-51(48-17-9-4-10-18-48)25-34-62(59)69(65(60)64(63)66)53-21-13-6-14-22-53/h4-6,9-14,17-34,38-40,44-47H,3,7-8,15-16,35-37,41-43H2,1-2H3. The number of hydrogen-bond acceptors (Lipinski definition) is 1. The molecule has 0 radical (unpaired) electrons. The number of aromatic nitrogens is 1. The third-order valence-electron chi connectivity index (χ3n) is 18.1. The Morgan fingerprint density at radius 1 is 0.493 bits per heavy atom. The summed E-state index contributed by atoms with van der Waals surface area (Å²) in [6, 6.07) is 69.9. The summed E-state index contributed by atoms with van der Waals surface area (Å²) in [5.41, 5.74) is 21.0. The van der Waals surface area contributed by atoms with Crippen molar-refractivity contribution in [3.8, 4) is 39.1 Å². The first-order chi connectivity index (χ1) is 33.9. The second-order valence-electron chi connectivity index (χ2n) is 22.6. The van der Waals surface area contributed by atoms with Crippen molar-refractivity contribution in [1.82, 2.24) is 4.57 Å². The van der Waals surface area contributed by atoms with Gasteiger partial charge >= 0.3 is 0 Å². The smallest absolute Gasteiger partial charge is 0.0588 e. The van der Waals surface area contributed by atoms with Gasteiger partial charge in [0.1, 0.15) is 0 Å². The van der Waals surface area contributed by atoms with Crippen LogP contribution in [0.5, 0.6) is 0 Å². The zero-order valence-corrected chi connectivity index (χ0v) is 40.3. The SMILES string of the molecule is CC1(C)c2cc(N(c3ccc(C4CCCCC4)cc3)c3ccc(C45CC6CC(CC(C6)C4)C5)cc3)ccc2-c2c(-c3ccccc3)cc3c4cc(-c5ccccc5)ccc4n(-c4ccccc4)c3c21. The van der Waals surface area contributed by atoms with Gasteiger partial charge in [-0.25, -0.2) is 0 Å². The van der Waals surface area contributed by atoms with Gasteiger partial charge in [-0.15, -0.1) is 0 Å². The van der Waals surface area contributed by atoms with Crippen LogP contribution >= 0.6 is 0 Å². The fourth-order valence-electron chi connectivity index (χ4n) is 15.3. The van der Waals surface area contributed by atoms with E-state index in [-0.39, 0.29) is 5.41 Å². The molecule has 0 N–H and O–H groups in total. The number of benzene rings is 8. The molecule has 15 rings (SSSR count). The van der Waals surface area contributed by atoms with Crippen molar-refractivity contribution >= 4 is 38.9 Å². The highest BCUT2D eigenvalue weighted by atomic mass is 15.1. The van der Waals surface area contributed by atoms with Gasteiger partial charge in [-0.1, -0.05) is 148 Å². The van der Waals surface area contributed by atoms with Gasteiger partial charge in [0, 0.05) is 38.9 Å². The summed E-state index contributed by atoms with van der Waals surface area (Å²) in [6.45, 7) is 4.98. The topological polar surface area (TPSA) is 8.17 Å². The van der Waals surface area contributed by atoms with Crippen molar-refractivity contribution in [3.05, 3.63) is 204 Å². The van der Waals surface area contributed by atoms with Crippen LogP contribution in [-0.4, -0.2) is 4.57 Å². The predicted octanol–water partition coefficient (Wildman–Crippen LogP) is 18.4. The summed E-state index contributed by atoms with van der Waals surface area (Å²) in [4.78, 5) is 2.56. The molecular weight excluding hydrogens is 833 g/mol. The van der Waals surface area contributed by atoms with Crippen LogP contribution in [0.3, 0.4) is 0 Å². The van der Waals surface area contributed by atoms with E-state index in [1.807, 2.05) is 0 Å². The highest BCUT2D eigenvalue weighted by molar-refractivity contribution is 6.17. The molecule has 8 aromatic carbocycles. The van der Waals surface area contributed by atoms with Crippen LogP contribution in [0, 0.1) is 17.8 Å². The van der Waals surface area contributed by atoms with Gasteiger partial charge in [-0.05, 0) is 203 Å². The first-order valence-corrected chi connectivity index (χ1v) is 26.4. The fraction of sp³-hybridized carbons (Fsp3) is 0.284. The van der Waals surface area contributed by atoms with Gasteiger partial charge < -0.3 is 9.47 Å². The Morgan fingerprint density at radius 2 is 1.09 bits per heavy atom. The lowest BCUT2D eigenvalue weighted by atomic mass is 9.48. The average Bonchev–Trinajstić information content (AvgIpc) is 3.84. The molecule has 0 unspecified atom stereocenters. The third-order valence-corrected chi connectivity index (χ3v) is 18.1. The molecule has 6 aliphatic carbocycles. The lowest BCUT2D eigenvalue weighted by Crippen LogP contribution is -2.48. The summed E-state index contributed by atoms with van der Waals surface area (Å²) in [7, 11) is 0. The van der Waals surface area contributed by atoms with Gasteiger partial charge in [0.2, 0.25) is 0 Å². The molecule has 69 heavy (non-hydrogen) atoms. The van der Waals surface area contributed by atoms with Crippen LogP contribution in [0.1, 0.15) is 113 Å². The zero-order valence-electron chi connectivity index (χ0n) is 40.3. The molecule has 5 saturated carbocycles. The van der Waals surface area contributed by atoms with Crippen molar-refractivity contribution < 1.29 is 0 Å². The Kier molecular flexibility index (Phi) is 9.56. The molecule has 0 saturated heterocycles. The lowest BCUT2D eigenvalue weighted by Gasteiger charge is -2.57. The van der Waals surface area contributed by atoms with Gasteiger partial charge in [0.25, 0.3) is 0 Å². The summed E-state index contributed by atoms with van der Waals surface area (Å²) >= 11 is 0. The molecular formula is C67H62N2. The monoisotopic (exact) mass is 894 g/mol. The number of hydrogen-bond donors (Lipinski definition) is 0. The van der Waals surface area contributed by atoms with Gasteiger partial charge in [0.15, 0.2) is 0 Å². The Bertz CT molecular complexity index is 3350. The van der Waals surface area contributed by atoms with E-state index in [4.69, 9.17) is 0 Å². The minimum absolute atomic E-state index is 0.328. The first-order valence-electron chi connectivity index (χ1n) is 26.4. The highest BCUT2D eigenvalue weighted by Gasteiger charge is 2.51. The molecule has 4 bridgehead atoms. The van der Waals surface area contributed by atoms with Crippen LogP contribution in [-0.2, 0) is 10.8 Å². The molecule has 2 nitrogen and oxygen atoms in total. The molecule has 340 valence electrons. The lowest BCUT2D eigenvalue weighted by molar-refractivity contribution is -0.00518. The number of anilines is 3.